The third-order valence-corrected chi connectivity index (χ3v) is 4.23. The summed E-state index contributed by atoms with van der Waals surface area (Å²) in [6.45, 7) is 4.17. The van der Waals surface area contributed by atoms with Crippen LogP contribution in [0.2, 0.25) is 10.0 Å². The van der Waals surface area contributed by atoms with Gasteiger partial charge in [0.2, 0.25) is 0 Å². The van der Waals surface area contributed by atoms with Crippen molar-refractivity contribution in [3.63, 3.8) is 0 Å². The fourth-order valence-electron chi connectivity index (χ4n) is 2.53. The Morgan fingerprint density at radius 3 is 2.45 bits per heavy atom. The van der Waals surface area contributed by atoms with Crippen LogP contribution in [0, 0.1) is 0 Å². The van der Waals surface area contributed by atoms with E-state index in [2.05, 4.69) is 31.0 Å². The lowest BCUT2D eigenvalue weighted by Crippen LogP contribution is -1.95. The number of benzene rings is 1. The Morgan fingerprint density at radius 1 is 1.18 bits per heavy atom. The van der Waals surface area contributed by atoms with E-state index in [1.54, 1.807) is 16.7 Å². The van der Waals surface area contributed by atoms with E-state index in [1.807, 2.05) is 12.1 Å². The summed E-state index contributed by atoms with van der Waals surface area (Å²) in [4.78, 5) is 4.58. The largest absolute Gasteiger partial charge is 0.390 e. The van der Waals surface area contributed by atoms with Gasteiger partial charge in [-0.05, 0) is 17.5 Å². The molecule has 0 saturated heterocycles. The topological polar surface area (TPSA) is 37.5 Å². The smallest absolute Gasteiger partial charge is 0.156 e. The molecule has 2 heterocycles. The van der Waals surface area contributed by atoms with Crippen molar-refractivity contribution in [2.24, 2.45) is 0 Å². The molecule has 0 atom stereocenters. The number of hydrogen-bond donors (Lipinski definition) is 1. The average molecular weight is 335 g/mol. The SMILES string of the molecule is CC(C)c1ccc(-c2nc3c(Cl)cc(Cl)cn3c2CO)cc1. The summed E-state index contributed by atoms with van der Waals surface area (Å²) >= 11 is 12.3. The van der Waals surface area contributed by atoms with Crippen molar-refractivity contribution < 1.29 is 5.11 Å². The Kier molecular flexibility index (Phi) is 4.13. The number of aromatic nitrogens is 2. The molecule has 3 nitrogen and oxygen atoms in total. The van der Waals surface area contributed by atoms with E-state index in [1.165, 1.54) is 5.56 Å². The van der Waals surface area contributed by atoms with Crippen molar-refractivity contribution in [2.45, 2.75) is 26.4 Å². The van der Waals surface area contributed by atoms with Gasteiger partial charge >= 0.3 is 0 Å². The minimum atomic E-state index is -0.140. The van der Waals surface area contributed by atoms with Gasteiger partial charge < -0.3 is 5.11 Å². The summed E-state index contributed by atoms with van der Waals surface area (Å²) in [5.74, 6) is 0.473. The zero-order valence-electron chi connectivity index (χ0n) is 12.3. The monoisotopic (exact) mass is 334 g/mol. The van der Waals surface area contributed by atoms with Gasteiger partial charge in [-0.3, -0.25) is 4.40 Å². The van der Waals surface area contributed by atoms with Gasteiger partial charge in [-0.2, -0.15) is 0 Å². The highest BCUT2D eigenvalue weighted by atomic mass is 35.5. The lowest BCUT2D eigenvalue weighted by Gasteiger charge is -2.07. The van der Waals surface area contributed by atoms with Gasteiger partial charge in [-0.15, -0.1) is 0 Å². The second kappa shape index (κ2) is 5.92. The zero-order valence-corrected chi connectivity index (χ0v) is 13.9. The number of nitrogens with zero attached hydrogens (tertiary/aromatic N) is 2. The molecule has 0 bridgehead atoms. The molecular weight excluding hydrogens is 319 g/mol. The van der Waals surface area contributed by atoms with E-state index >= 15 is 0 Å². The van der Waals surface area contributed by atoms with Crippen molar-refractivity contribution >= 4 is 28.8 Å². The Balaban J connectivity index is 2.20. The van der Waals surface area contributed by atoms with Gasteiger partial charge in [0.1, 0.15) is 0 Å². The van der Waals surface area contributed by atoms with Crippen LogP contribution in [0.25, 0.3) is 16.9 Å². The van der Waals surface area contributed by atoms with E-state index < -0.39 is 0 Å². The van der Waals surface area contributed by atoms with Gasteiger partial charge in [-0.1, -0.05) is 61.3 Å². The van der Waals surface area contributed by atoms with Crippen LogP contribution in [0.3, 0.4) is 0 Å². The summed E-state index contributed by atoms with van der Waals surface area (Å²) in [5.41, 5.74) is 4.21. The Labute approximate surface area is 139 Å². The van der Waals surface area contributed by atoms with Crippen molar-refractivity contribution in [2.75, 3.05) is 0 Å². The second-order valence-electron chi connectivity index (χ2n) is 5.54. The molecule has 0 aliphatic heterocycles. The van der Waals surface area contributed by atoms with E-state index in [9.17, 15) is 5.11 Å². The van der Waals surface area contributed by atoms with Crippen molar-refractivity contribution in [3.05, 3.63) is 57.8 Å². The molecule has 1 aromatic carbocycles. The van der Waals surface area contributed by atoms with Gasteiger partial charge in [-0.25, -0.2) is 4.98 Å². The number of pyridine rings is 1. The highest BCUT2D eigenvalue weighted by Crippen LogP contribution is 2.30. The number of imidazole rings is 1. The van der Waals surface area contributed by atoms with E-state index in [0.29, 0.717) is 27.3 Å². The maximum atomic E-state index is 9.74. The molecule has 1 N–H and O–H groups in total. The second-order valence-corrected chi connectivity index (χ2v) is 6.39. The van der Waals surface area contributed by atoms with Gasteiger partial charge in [0.15, 0.2) is 5.65 Å². The number of aliphatic hydroxyl groups is 1. The van der Waals surface area contributed by atoms with Crippen LogP contribution in [-0.4, -0.2) is 14.5 Å². The fourth-order valence-corrected chi connectivity index (χ4v) is 3.04. The van der Waals surface area contributed by atoms with Crippen LogP contribution in [0.5, 0.6) is 0 Å². The average Bonchev–Trinajstić information content (AvgIpc) is 2.86. The molecule has 0 amide bonds. The first-order valence-corrected chi connectivity index (χ1v) is 7.84. The number of fused-ring (bicyclic) bond motifs is 1. The fraction of sp³-hybridized carbons (Fsp3) is 0.235. The lowest BCUT2D eigenvalue weighted by molar-refractivity contribution is 0.276. The molecule has 22 heavy (non-hydrogen) atoms. The molecule has 0 aliphatic rings. The summed E-state index contributed by atoms with van der Waals surface area (Å²) in [6.07, 6.45) is 1.72. The van der Waals surface area contributed by atoms with E-state index in [4.69, 9.17) is 23.2 Å². The van der Waals surface area contributed by atoms with Crippen LogP contribution in [0.4, 0.5) is 0 Å². The predicted molar refractivity (Wildman–Crippen MR) is 90.7 cm³/mol. The quantitative estimate of drug-likeness (QED) is 0.737. The molecule has 0 aliphatic carbocycles. The van der Waals surface area contributed by atoms with Gasteiger partial charge in [0, 0.05) is 11.8 Å². The molecule has 0 saturated carbocycles. The minimum Gasteiger partial charge on any atom is -0.390 e. The van der Waals surface area contributed by atoms with Crippen LogP contribution >= 0.6 is 23.2 Å². The third kappa shape index (κ3) is 2.60. The maximum absolute atomic E-state index is 9.74. The molecule has 0 unspecified atom stereocenters. The summed E-state index contributed by atoms with van der Waals surface area (Å²) in [6, 6.07) is 9.86. The van der Waals surface area contributed by atoms with Crippen LogP contribution < -0.4 is 0 Å². The lowest BCUT2D eigenvalue weighted by atomic mass is 10.0. The Bertz CT molecular complexity index is 823. The standard InChI is InChI=1S/C17H16Cl2N2O/c1-10(2)11-3-5-12(6-4-11)16-15(9-22)21-8-13(18)7-14(19)17(21)20-16/h3-8,10,22H,9H2,1-2H3. The van der Waals surface area contributed by atoms with Gasteiger partial charge in [0.05, 0.1) is 28.0 Å². The Hall–Kier alpha value is -1.55. The molecule has 0 spiro atoms. The van der Waals surface area contributed by atoms with Crippen LogP contribution in [0.15, 0.2) is 36.5 Å². The predicted octanol–water partition coefficient (Wildman–Crippen LogP) is 4.92. The first-order chi connectivity index (χ1) is 10.5. The molecule has 114 valence electrons. The molecule has 5 heteroatoms. The summed E-state index contributed by atoms with van der Waals surface area (Å²) < 4.78 is 1.75. The third-order valence-electron chi connectivity index (χ3n) is 3.74. The maximum Gasteiger partial charge on any atom is 0.156 e. The Morgan fingerprint density at radius 2 is 1.86 bits per heavy atom. The van der Waals surface area contributed by atoms with Crippen molar-refractivity contribution in [1.82, 2.24) is 9.38 Å². The number of halogens is 2. The highest BCUT2D eigenvalue weighted by Gasteiger charge is 2.16. The first kappa shape index (κ1) is 15.3. The van der Waals surface area contributed by atoms with Crippen molar-refractivity contribution in [3.8, 4) is 11.3 Å². The van der Waals surface area contributed by atoms with Gasteiger partial charge in [0.25, 0.3) is 0 Å². The number of aliphatic hydroxyl groups excluding tert-OH is 1. The number of hydrogen-bond acceptors (Lipinski definition) is 2. The zero-order chi connectivity index (χ0) is 15.9. The minimum absolute atomic E-state index is 0.140. The summed E-state index contributed by atoms with van der Waals surface area (Å²) in [5, 5.41) is 10.7. The van der Waals surface area contributed by atoms with E-state index in [0.717, 1.165) is 11.3 Å². The molecule has 2 aromatic heterocycles. The van der Waals surface area contributed by atoms with Crippen molar-refractivity contribution in [1.29, 1.82) is 0 Å². The molecular formula is C17H16Cl2N2O. The van der Waals surface area contributed by atoms with Crippen LogP contribution in [0.1, 0.15) is 31.0 Å². The molecule has 3 rings (SSSR count). The molecule has 0 fully saturated rings. The van der Waals surface area contributed by atoms with Crippen LogP contribution in [-0.2, 0) is 6.61 Å². The summed E-state index contributed by atoms with van der Waals surface area (Å²) in [7, 11) is 0. The number of rotatable bonds is 3. The highest BCUT2D eigenvalue weighted by molar-refractivity contribution is 6.36. The van der Waals surface area contributed by atoms with E-state index in [-0.39, 0.29) is 6.61 Å². The normalized spacial score (nSPS) is 11.5. The molecule has 0 radical (unpaired) electrons. The first-order valence-electron chi connectivity index (χ1n) is 7.08. The molecule has 3 aromatic rings.